The summed E-state index contributed by atoms with van der Waals surface area (Å²) in [5.41, 5.74) is 1.18. The van der Waals surface area contributed by atoms with Crippen LogP contribution in [0.1, 0.15) is 19.4 Å². The number of carbonyl (C=O) groups is 1. The Morgan fingerprint density at radius 3 is 2.42 bits per heavy atom. The third kappa shape index (κ3) is 4.96. The van der Waals surface area contributed by atoms with Crippen LogP contribution in [0.5, 0.6) is 11.5 Å². The van der Waals surface area contributed by atoms with Gasteiger partial charge in [0, 0.05) is 10.2 Å². The normalized spacial score (nSPS) is 10.3. The van der Waals surface area contributed by atoms with Gasteiger partial charge in [0.1, 0.15) is 5.82 Å². The lowest BCUT2D eigenvalue weighted by Crippen LogP contribution is -2.15. The Balaban J connectivity index is 2.15. The van der Waals surface area contributed by atoms with Crippen molar-refractivity contribution in [2.45, 2.75) is 20.3 Å². The molecular formula is C18H19BrFNO3. The highest BCUT2D eigenvalue weighted by Gasteiger charge is 2.14. The summed E-state index contributed by atoms with van der Waals surface area (Å²) in [5.74, 6) is 0.582. The van der Waals surface area contributed by atoms with Gasteiger partial charge >= 0.3 is 0 Å². The minimum atomic E-state index is -0.395. The number of hydrogen-bond acceptors (Lipinski definition) is 3. The van der Waals surface area contributed by atoms with E-state index in [1.807, 2.05) is 13.8 Å². The third-order valence-corrected chi connectivity index (χ3v) is 3.91. The van der Waals surface area contributed by atoms with Gasteiger partial charge in [-0.1, -0.05) is 22.0 Å². The monoisotopic (exact) mass is 395 g/mol. The van der Waals surface area contributed by atoms with Crippen LogP contribution in [-0.4, -0.2) is 19.1 Å². The molecule has 1 amide bonds. The summed E-state index contributed by atoms with van der Waals surface area (Å²) in [4.78, 5) is 12.2. The molecule has 0 aliphatic heterocycles. The Morgan fingerprint density at radius 2 is 1.79 bits per heavy atom. The number of ether oxygens (including phenoxy) is 2. The van der Waals surface area contributed by atoms with Crippen molar-refractivity contribution >= 4 is 27.5 Å². The van der Waals surface area contributed by atoms with Gasteiger partial charge in [0.15, 0.2) is 11.5 Å². The Kier molecular flexibility index (Phi) is 6.61. The maximum atomic E-state index is 13.2. The largest absolute Gasteiger partial charge is 0.490 e. The summed E-state index contributed by atoms with van der Waals surface area (Å²) in [7, 11) is 0. The number of benzene rings is 2. The summed E-state index contributed by atoms with van der Waals surface area (Å²) < 4.78 is 25.0. The van der Waals surface area contributed by atoms with Gasteiger partial charge in [-0.3, -0.25) is 4.79 Å². The van der Waals surface area contributed by atoms with Crippen LogP contribution in [0.15, 0.2) is 40.9 Å². The first-order chi connectivity index (χ1) is 11.5. The van der Waals surface area contributed by atoms with Gasteiger partial charge in [-0.05, 0) is 49.7 Å². The van der Waals surface area contributed by atoms with Crippen LogP contribution in [-0.2, 0) is 11.2 Å². The molecule has 2 aromatic carbocycles. The fourth-order valence-corrected chi connectivity index (χ4v) is 2.66. The third-order valence-electron chi connectivity index (χ3n) is 3.17. The first-order valence-corrected chi connectivity index (χ1v) is 8.46. The molecule has 0 bridgehead atoms. The Labute approximate surface area is 149 Å². The molecule has 0 saturated heterocycles. The average molecular weight is 396 g/mol. The molecule has 0 spiro atoms. The zero-order valence-corrected chi connectivity index (χ0v) is 15.2. The molecule has 2 aromatic rings. The van der Waals surface area contributed by atoms with Gasteiger partial charge in [0.2, 0.25) is 5.91 Å². The van der Waals surface area contributed by atoms with Crippen LogP contribution in [0.4, 0.5) is 10.1 Å². The van der Waals surface area contributed by atoms with Crippen molar-refractivity contribution in [3.63, 3.8) is 0 Å². The molecule has 4 nitrogen and oxygen atoms in total. The zero-order valence-electron chi connectivity index (χ0n) is 13.6. The van der Waals surface area contributed by atoms with E-state index >= 15 is 0 Å². The molecule has 0 aromatic heterocycles. The van der Waals surface area contributed by atoms with E-state index in [1.165, 1.54) is 12.1 Å². The molecule has 1 N–H and O–H groups in total. The van der Waals surface area contributed by atoms with E-state index in [1.54, 1.807) is 24.3 Å². The standard InChI is InChI=1S/C18H19BrFNO3/c1-3-23-16-8-12(15(19)11-17(16)24-4-2)9-18(22)21-14-7-5-6-13(20)10-14/h5-8,10-11H,3-4,9H2,1-2H3,(H,21,22). The highest BCUT2D eigenvalue weighted by atomic mass is 79.9. The van der Waals surface area contributed by atoms with Crippen molar-refractivity contribution in [3.8, 4) is 11.5 Å². The minimum Gasteiger partial charge on any atom is -0.490 e. The highest BCUT2D eigenvalue weighted by Crippen LogP contribution is 2.34. The second-order valence-electron chi connectivity index (χ2n) is 4.99. The molecule has 0 aliphatic rings. The minimum absolute atomic E-state index is 0.129. The van der Waals surface area contributed by atoms with Crippen molar-refractivity contribution in [3.05, 3.63) is 52.3 Å². The Hall–Kier alpha value is -2.08. The first kappa shape index (κ1) is 18.3. The fraction of sp³-hybridized carbons (Fsp3) is 0.278. The smallest absolute Gasteiger partial charge is 0.228 e. The lowest BCUT2D eigenvalue weighted by atomic mass is 10.1. The molecule has 2 rings (SSSR count). The number of amides is 1. The lowest BCUT2D eigenvalue weighted by Gasteiger charge is -2.14. The van der Waals surface area contributed by atoms with Gasteiger partial charge in [0.25, 0.3) is 0 Å². The Bertz CT molecular complexity index is 721. The number of anilines is 1. The molecule has 128 valence electrons. The average Bonchev–Trinajstić information content (AvgIpc) is 2.52. The van der Waals surface area contributed by atoms with Crippen LogP contribution in [0.2, 0.25) is 0 Å². The SMILES string of the molecule is CCOc1cc(Br)c(CC(=O)Nc2cccc(F)c2)cc1OCC. The summed E-state index contributed by atoms with van der Waals surface area (Å²) in [6.07, 6.45) is 0.129. The van der Waals surface area contributed by atoms with Gasteiger partial charge in [-0.2, -0.15) is 0 Å². The van der Waals surface area contributed by atoms with Crippen molar-refractivity contribution in [2.75, 3.05) is 18.5 Å². The van der Waals surface area contributed by atoms with Crippen LogP contribution in [0.3, 0.4) is 0 Å². The van der Waals surface area contributed by atoms with E-state index < -0.39 is 5.82 Å². The number of nitrogens with one attached hydrogen (secondary N) is 1. The van der Waals surface area contributed by atoms with Crippen LogP contribution in [0, 0.1) is 5.82 Å². The first-order valence-electron chi connectivity index (χ1n) is 7.67. The van der Waals surface area contributed by atoms with Gasteiger partial charge in [0.05, 0.1) is 19.6 Å². The highest BCUT2D eigenvalue weighted by molar-refractivity contribution is 9.10. The molecule has 0 heterocycles. The van der Waals surface area contributed by atoms with Crippen LogP contribution in [0.25, 0.3) is 0 Å². The summed E-state index contributed by atoms with van der Waals surface area (Å²) in [5, 5.41) is 2.68. The Morgan fingerprint density at radius 1 is 1.12 bits per heavy atom. The van der Waals surface area contributed by atoms with E-state index in [-0.39, 0.29) is 12.3 Å². The van der Waals surface area contributed by atoms with E-state index in [0.717, 1.165) is 10.0 Å². The molecule has 0 fully saturated rings. The maximum Gasteiger partial charge on any atom is 0.228 e. The quantitative estimate of drug-likeness (QED) is 0.746. The van der Waals surface area contributed by atoms with Crippen LogP contribution < -0.4 is 14.8 Å². The summed E-state index contributed by atoms with van der Waals surface area (Å²) >= 11 is 3.45. The predicted molar refractivity (Wildman–Crippen MR) is 95.2 cm³/mol. The molecule has 0 aliphatic carbocycles. The summed E-state index contributed by atoms with van der Waals surface area (Å²) in [6.45, 7) is 4.79. The van der Waals surface area contributed by atoms with E-state index in [4.69, 9.17) is 9.47 Å². The number of carbonyl (C=O) groups excluding carboxylic acids is 1. The van der Waals surface area contributed by atoms with Gasteiger partial charge < -0.3 is 14.8 Å². The van der Waals surface area contributed by atoms with E-state index in [2.05, 4.69) is 21.2 Å². The number of hydrogen-bond donors (Lipinski definition) is 1. The zero-order chi connectivity index (χ0) is 17.5. The number of halogens is 2. The van der Waals surface area contributed by atoms with Crippen molar-refractivity contribution in [1.29, 1.82) is 0 Å². The summed E-state index contributed by atoms with van der Waals surface area (Å²) in [6, 6.07) is 9.36. The van der Waals surface area contributed by atoms with Crippen molar-refractivity contribution < 1.29 is 18.7 Å². The molecule has 24 heavy (non-hydrogen) atoms. The van der Waals surface area contributed by atoms with Gasteiger partial charge in [-0.25, -0.2) is 4.39 Å². The maximum absolute atomic E-state index is 13.2. The topological polar surface area (TPSA) is 47.6 Å². The van der Waals surface area contributed by atoms with Crippen molar-refractivity contribution in [2.24, 2.45) is 0 Å². The molecule has 0 saturated carbocycles. The van der Waals surface area contributed by atoms with Crippen LogP contribution >= 0.6 is 15.9 Å². The molecular weight excluding hydrogens is 377 g/mol. The fourth-order valence-electron chi connectivity index (χ4n) is 2.19. The lowest BCUT2D eigenvalue weighted by molar-refractivity contribution is -0.115. The molecule has 0 atom stereocenters. The van der Waals surface area contributed by atoms with Gasteiger partial charge in [-0.15, -0.1) is 0 Å². The second kappa shape index (κ2) is 8.68. The van der Waals surface area contributed by atoms with E-state index in [0.29, 0.717) is 30.4 Å². The van der Waals surface area contributed by atoms with Crippen molar-refractivity contribution in [1.82, 2.24) is 0 Å². The predicted octanol–water partition coefficient (Wildman–Crippen LogP) is 4.57. The molecule has 6 heteroatoms. The van der Waals surface area contributed by atoms with E-state index in [9.17, 15) is 9.18 Å². The second-order valence-corrected chi connectivity index (χ2v) is 5.85. The number of rotatable bonds is 7. The molecule has 0 radical (unpaired) electrons. The molecule has 0 unspecified atom stereocenters.